The Hall–Kier alpha value is -3.22. The molecular weight excluding hydrogens is 508 g/mol. The molecule has 1 aliphatic rings. The van der Waals surface area contributed by atoms with Gasteiger partial charge in [-0.2, -0.15) is 0 Å². The van der Waals surface area contributed by atoms with Crippen LogP contribution in [0.2, 0.25) is 0 Å². The summed E-state index contributed by atoms with van der Waals surface area (Å²) in [6, 6.07) is 10.3. The van der Waals surface area contributed by atoms with Gasteiger partial charge in [-0.25, -0.2) is 4.79 Å². The number of ether oxygens (including phenoxy) is 5. The summed E-state index contributed by atoms with van der Waals surface area (Å²) >= 11 is 0. The fourth-order valence-electron chi connectivity index (χ4n) is 4.62. The molecule has 220 valence electrons. The second-order valence-corrected chi connectivity index (χ2v) is 11.6. The maximum absolute atomic E-state index is 12.2. The first-order valence-corrected chi connectivity index (χ1v) is 14.6. The molecule has 0 aromatic heterocycles. The molecule has 1 heterocycles. The van der Waals surface area contributed by atoms with Gasteiger partial charge in [0.05, 0.1) is 17.9 Å². The summed E-state index contributed by atoms with van der Waals surface area (Å²) in [6.07, 6.45) is 6.55. The number of unbranched alkanes of at least 4 members (excludes halogenated alkanes) is 5. The molecule has 2 aromatic rings. The van der Waals surface area contributed by atoms with E-state index in [1.54, 1.807) is 0 Å². The lowest BCUT2D eigenvalue weighted by atomic mass is 9.93. The standard InChI is InChI=1S/C33H46O7/c1-7-8-9-10-11-12-15-36-29-14-13-26(18-28(29)19-37-31(34)23(2)3)27-16-24(4)30(25(5)17-27)38-20-33(6)21-39-32(35)40-22-33/h13-14,16-18,23H,7-12,15,19-22H2,1-6H3. The number of rotatable bonds is 15. The highest BCUT2D eigenvalue weighted by Gasteiger charge is 2.34. The lowest BCUT2D eigenvalue weighted by molar-refractivity contribution is -0.148. The predicted molar refractivity (Wildman–Crippen MR) is 156 cm³/mol. The zero-order valence-corrected chi connectivity index (χ0v) is 25.1. The van der Waals surface area contributed by atoms with Crippen molar-refractivity contribution in [2.45, 2.75) is 86.7 Å². The number of carbonyl (C=O) groups excluding carboxylic acids is 2. The Morgan fingerprint density at radius 3 is 2.23 bits per heavy atom. The smallest absolute Gasteiger partial charge is 0.493 e. The van der Waals surface area contributed by atoms with Gasteiger partial charge in [0.15, 0.2) is 0 Å². The summed E-state index contributed by atoms with van der Waals surface area (Å²) in [5, 5.41) is 0. The van der Waals surface area contributed by atoms with Gasteiger partial charge in [0.25, 0.3) is 0 Å². The zero-order chi connectivity index (χ0) is 29.1. The summed E-state index contributed by atoms with van der Waals surface area (Å²) < 4.78 is 28.0. The molecule has 3 rings (SSSR count). The maximum atomic E-state index is 12.2. The SMILES string of the molecule is CCCCCCCCOc1ccc(-c2cc(C)c(OCC3(C)COC(=O)OC3)c(C)c2)cc1COC(=O)C(C)C. The van der Waals surface area contributed by atoms with Crippen molar-refractivity contribution in [3.63, 3.8) is 0 Å². The summed E-state index contributed by atoms with van der Waals surface area (Å²) in [4.78, 5) is 23.4. The van der Waals surface area contributed by atoms with Gasteiger partial charge in [-0.05, 0) is 73.7 Å². The first-order valence-electron chi connectivity index (χ1n) is 14.6. The van der Waals surface area contributed by atoms with Crippen molar-refractivity contribution in [1.29, 1.82) is 0 Å². The topological polar surface area (TPSA) is 80.3 Å². The van der Waals surface area contributed by atoms with Gasteiger partial charge in [0.1, 0.15) is 37.9 Å². The van der Waals surface area contributed by atoms with Crippen LogP contribution in [0.3, 0.4) is 0 Å². The van der Waals surface area contributed by atoms with E-state index in [2.05, 4.69) is 19.1 Å². The summed E-state index contributed by atoms with van der Waals surface area (Å²) in [5.74, 6) is 1.15. The Balaban J connectivity index is 1.73. The van der Waals surface area contributed by atoms with Gasteiger partial charge in [-0.1, -0.05) is 58.9 Å². The van der Waals surface area contributed by atoms with Crippen LogP contribution >= 0.6 is 0 Å². The average molecular weight is 555 g/mol. The zero-order valence-electron chi connectivity index (χ0n) is 25.1. The Kier molecular flexibility index (Phi) is 11.7. The minimum atomic E-state index is -0.633. The van der Waals surface area contributed by atoms with Crippen LogP contribution in [0.1, 0.15) is 82.9 Å². The van der Waals surface area contributed by atoms with Crippen molar-refractivity contribution in [3.8, 4) is 22.6 Å². The van der Waals surface area contributed by atoms with Gasteiger partial charge in [0, 0.05) is 5.56 Å². The van der Waals surface area contributed by atoms with Crippen molar-refractivity contribution < 1.29 is 33.3 Å². The Morgan fingerprint density at radius 1 is 0.925 bits per heavy atom. The average Bonchev–Trinajstić information content (AvgIpc) is 2.92. The molecule has 1 aliphatic heterocycles. The normalized spacial score (nSPS) is 14.4. The van der Waals surface area contributed by atoms with Crippen molar-refractivity contribution in [3.05, 3.63) is 47.0 Å². The number of carbonyl (C=O) groups is 2. The van der Waals surface area contributed by atoms with E-state index in [1.165, 1.54) is 25.7 Å². The van der Waals surface area contributed by atoms with Crippen LogP contribution in [-0.2, 0) is 25.6 Å². The van der Waals surface area contributed by atoms with Crippen LogP contribution in [0, 0.1) is 25.2 Å². The summed E-state index contributed by atoms with van der Waals surface area (Å²) in [6.45, 7) is 13.6. The number of cyclic esters (lactones) is 2. The van der Waals surface area contributed by atoms with Crippen LogP contribution in [0.15, 0.2) is 30.3 Å². The first kappa shape index (κ1) is 31.3. The lowest BCUT2D eigenvalue weighted by Gasteiger charge is -2.32. The minimum absolute atomic E-state index is 0.168. The third kappa shape index (κ3) is 9.17. The number of hydrogen-bond acceptors (Lipinski definition) is 7. The number of benzene rings is 2. The molecule has 0 aliphatic carbocycles. The van der Waals surface area contributed by atoms with E-state index in [1.807, 2.05) is 52.8 Å². The van der Waals surface area contributed by atoms with Gasteiger partial charge < -0.3 is 23.7 Å². The molecule has 7 nitrogen and oxygen atoms in total. The highest BCUT2D eigenvalue weighted by molar-refractivity contribution is 5.72. The third-order valence-corrected chi connectivity index (χ3v) is 7.09. The van der Waals surface area contributed by atoms with Gasteiger partial charge >= 0.3 is 12.1 Å². The molecule has 7 heteroatoms. The van der Waals surface area contributed by atoms with Crippen LogP contribution in [0.25, 0.3) is 11.1 Å². The fraction of sp³-hybridized carbons (Fsp3) is 0.576. The molecule has 0 spiro atoms. The highest BCUT2D eigenvalue weighted by Crippen LogP contribution is 2.34. The van der Waals surface area contributed by atoms with Crippen LogP contribution < -0.4 is 9.47 Å². The van der Waals surface area contributed by atoms with Crippen molar-refractivity contribution in [2.24, 2.45) is 11.3 Å². The fourth-order valence-corrected chi connectivity index (χ4v) is 4.62. The largest absolute Gasteiger partial charge is 0.508 e. The molecule has 2 aromatic carbocycles. The molecule has 0 radical (unpaired) electrons. The molecule has 0 unspecified atom stereocenters. The Morgan fingerprint density at radius 2 is 1.57 bits per heavy atom. The van der Waals surface area contributed by atoms with Crippen molar-refractivity contribution >= 4 is 12.1 Å². The van der Waals surface area contributed by atoms with E-state index in [4.69, 9.17) is 23.7 Å². The van der Waals surface area contributed by atoms with E-state index in [0.717, 1.165) is 52.2 Å². The second-order valence-electron chi connectivity index (χ2n) is 11.6. The van der Waals surface area contributed by atoms with Crippen molar-refractivity contribution in [2.75, 3.05) is 26.4 Å². The van der Waals surface area contributed by atoms with Gasteiger partial charge in [0.2, 0.25) is 0 Å². The Bertz CT molecular complexity index is 1100. The van der Waals surface area contributed by atoms with Gasteiger partial charge in [-0.3, -0.25) is 4.79 Å². The number of esters is 1. The number of hydrogen-bond donors (Lipinski definition) is 0. The molecule has 0 saturated carbocycles. The monoisotopic (exact) mass is 554 g/mol. The molecule has 40 heavy (non-hydrogen) atoms. The molecule has 0 N–H and O–H groups in total. The van der Waals surface area contributed by atoms with Crippen molar-refractivity contribution in [1.82, 2.24) is 0 Å². The van der Waals surface area contributed by atoms with Gasteiger partial charge in [-0.15, -0.1) is 0 Å². The molecule has 0 bridgehead atoms. The van der Waals surface area contributed by atoms with E-state index < -0.39 is 11.6 Å². The van der Waals surface area contributed by atoms with Crippen LogP contribution in [0.5, 0.6) is 11.5 Å². The van der Waals surface area contributed by atoms with E-state index in [9.17, 15) is 9.59 Å². The van der Waals surface area contributed by atoms with E-state index >= 15 is 0 Å². The molecule has 0 atom stereocenters. The summed E-state index contributed by atoms with van der Waals surface area (Å²) in [5.41, 5.74) is 4.51. The second kappa shape index (κ2) is 15.0. The first-order chi connectivity index (χ1) is 19.1. The third-order valence-electron chi connectivity index (χ3n) is 7.09. The lowest BCUT2D eigenvalue weighted by Crippen LogP contribution is -2.41. The number of aryl methyl sites for hydroxylation is 2. The molecule has 1 fully saturated rings. The minimum Gasteiger partial charge on any atom is -0.493 e. The molecule has 0 amide bonds. The summed E-state index contributed by atoms with van der Waals surface area (Å²) in [7, 11) is 0. The maximum Gasteiger partial charge on any atom is 0.508 e. The van der Waals surface area contributed by atoms with Crippen LogP contribution in [0.4, 0.5) is 4.79 Å². The highest BCUT2D eigenvalue weighted by atomic mass is 16.7. The quantitative estimate of drug-likeness (QED) is 0.163. The van der Waals surface area contributed by atoms with Crippen LogP contribution in [-0.4, -0.2) is 38.6 Å². The molecule has 1 saturated heterocycles. The predicted octanol–water partition coefficient (Wildman–Crippen LogP) is 7.96. The molecular formula is C33H46O7. The van der Waals surface area contributed by atoms with E-state index in [0.29, 0.717) is 13.2 Å². The van der Waals surface area contributed by atoms with E-state index in [-0.39, 0.29) is 31.7 Å². The Labute approximate surface area is 239 Å².